The van der Waals surface area contributed by atoms with Crippen molar-refractivity contribution in [2.45, 2.75) is 32.6 Å². The minimum absolute atomic E-state index is 0.709. The van der Waals surface area contributed by atoms with Crippen molar-refractivity contribution in [3.05, 3.63) is 28.9 Å². The highest BCUT2D eigenvalue weighted by Crippen LogP contribution is 2.30. The Bertz CT molecular complexity index is 549. The van der Waals surface area contributed by atoms with Crippen LogP contribution in [0.5, 0.6) is 0 Å². The number of benzene rings is 1. The summed E-state index contributed by atoms with van der Waals surface area (Å²) in [5.74, 6) is 0. The molecule has 2 rings (SSSR count). The minimum atomic E-state index is 0.709. The first-order chi connectivity index (χ1) is 9.22. The largest absolute Gasteiger partial charge is 0.396 e. The molecular formula is C15H20BrN3. The first-order valence-electron chi connectivity index (χ1n) is 6.80. The highest BCUT2D eigenvalue weighted by molar-refractivity contribution is 9.10. The van der Waals surface area contributed by atoms with Gasteiger partial charge in [-0.05, 0) is 24.6 Å². The molecule has 0 unspecified atom stereocenters. The molecule has 0 aliphatic heterocycles. The number of aromatic nitrogens is 1. The van der Waals surface area contributed by atoms with Gasteiger partial charge in [0.15, 0.2) is 0 Å². The van der Waals surface area contributed by atoms with E-state index < -0.39 is 0 Å². The van der Waals surface area contributed by atoms with Crippen molar-refractivity contribution in [2.24, 2.45) is 0 Å². The smallest absolute Gasteiger partial charge is 0.0743 e. The van der Waals surface area contributed by atoms with E-state index in [9.17, 15) is 0 Å². The molecule has 0 fully saturated rings. The fraction of sp³-hybridized carbons (Fsp3) is 0.400. The molecule has 1 heterocycles. The predicted octanol–water partition coefficient (Wildman–Crippen LogP) is 4.57. The Kier molecular flexibility index (Phi) is 5.02. The van der Waals surface area contributed by atoms with Crippen LogP contribution in [0.1, 0.15) is 32.6 Å². The van der Waals surface area contributed by atoms with Gasteiger partial charge in [0.25, 0.3) is 0 Å². The lowest BCUT2D eigenvalue weighted by atomic mass is 10.1. The van der Waals surface area contributed by atoms with Crippen LogP contribution in [0.25, 0.3) is 10.9 Å². The Morgan fingerprint density at radius 1 is 1.26 bits per heavy atom. The fourth-order valence-corrected chi connectivity index (χ4v) is 2.50. The zero-order valence-electron chi connectivity index (χ0n) is 11.2. The maximum absolute atomic E-state index is 6.04. The van der Waals surface area contributed by atoms with Crippen molar-refractivity contribution in [3.63, 3.8) is 0 Å². The molecule has 2 aromatic rings. The van der Waals surface area contributed by atoms with Crippen molar-refractivity contribution in [3.8, 4) is 0 Å². The number of nitrogen functional groups attached to an aromatic ring is 1. The number of nitrogens with zero attached hydrogens (tertiary/aromatic N) is 1. The second-order valence-corrected chi connectivity index (χ2v) is 5.65. The van der Waals surface area contributed by atoms with E-state index in [1.54, 1.807) is 6.20 Å². The summed E-state index contributed by atoms with van der Waals surface area (Å²) in [4.78, 5) is 4.35. The molecule has 0 saturated carbocycles. The van der Waals surface area contributed by atoms with Crippen LogP contribution in [-0.2, 0) is 0 Å². The molecule has 1 aromatic carbocycles. The molecule has 0 aliphatic rings. The molecule has 0 atom stereocenters. The molecule has 102 valence electrons. The van der Waals surface area contributed by atoms with Gasteiger partial charge < -0.3 is 11.1 Å². The number of hydrogen-bond donors (Lipinski definition) is 2. The van der Waals surface area contributed by atoms with E-state index >= 15 is 0 Å². The Labute approximate surface area is 122 Å². The number of anilines is 2. The molecule has 0 radical (unpaired) electrons. The van der Waals surface area contributed by atoms with E-state index in [0.29, 0.717) is 5.69 Å². The van der Waals surface area contributed by atoms with Crippen molar-refractivity contribution >= 4 is 38.2 Å². The van der Waals surface area contributed by atoms with Gasteiger partial charge in [0, 0.05) is 16.4 Å². The van der Waals surface area contributed by atoms with Gasteiger partial charge in [0.1, 0.15) is 0 Å². The molecule has 0 amide bonds. The molecule has 0 aliphatic carbocycles. The van der Waals surface area contributed by atoms with Crippen LogP contribution in [-0.4, -0.2) is 11.5 Å². The minimum Gasteiger partial charge on any atom is -0.396 e. The van der Waals surface area contributed by atoms with Gasteiger partial charge in [0.2, 0.25) is 0 Å². The molecule has 3 N–H and O–H groups in total. The summed E-state index contributed by atoms with van der Waals surface area (Å²) in [6.07, 6.45) is 6.71. The maximum Gasteiger partial charge on any atom is 0.0743 e. The number of nitrogens with two attached hydrogens (primary N) is 1. The normalized spacial score (nSPS) is 10.8. The van der Waals surface area contributed by atoms with E-state index in [1.807, 2.05) is 12.1 Å². The van der Waals surface area contributed by atoms with Gasteiger partial charge in [-0.2, -0.15) is 0 Å². The first kappa shape index (κ1) is 14.1. The maximum atomic E-state index is 6.04. The molecule has 19 heavy (non-hydrogen) atoms. The van der Waals surface area contributed by atoms with Crippen molar-refractivity contribution in [2.75, 3.05) is 17.6 Å². The predicted molar refractivity (Wildman–Crippen MR) is 86.5 cm³/mol. The Morgan fingerprint density at radius 3 is 2.89 bits per heavy atom. The third-order valence-corrected chi connectivity index (χ3v) is 3.68. The second kappa shape index (κ2) is 6.75. The third-order valence-electron chi connectivity index (χ3n) is 3.19. The zero-order valence-corrected chi connectivity index (χ0v) is 12.8. The summed E-state index contributed by atoms with van der Waals surface area (Å²) in [6, 6.07) is 6.06. The van der Waals surface area contributed by atoms with Crippen molar-refractivity contribution < 1.29 is 0 Å². The van der Waals surface area contributed by atoms with Gasteiger partial charge in [-0.15, -0.1) is 0 Å². The lowest BCUT2D eigenvalue weighted by Gasteiger charge is -2.12. The molecule has 0 spiro atoms. The lowest BCUT2D eigenvalue weighted by Crippen LogP contribution is -2.05. The van der Waals surface area contributed by atoms with Crippen LogP contribution in [0.3, 0.4) is 0 Å². The van der Waals surface area contributed by atoms with Crippen LogP contribution in [0.2, 0.25) is 0 Å². The SMILES string of the molecule is CCCCCCNc1c(N)cnc2ccc(Br)cc12. The Balaban J connectivity index is 2.16. The van der Waals surface area contributed by atoms with Crippen LogP contribution < -0.4 is 11.1 Å². The van der Waals surface area contributed by atoms with E-state index in [-0.39, 0.29) is 0 Å². The Hall–Kier alpha value is -1.29. The van der Waals surface area contributed by atoms with Gasteiger partial charge >= 0.3 is 0 Å². The fourth-order valence-electron chi connectivity index (χ4n) is 2.14. The van der Waals surface area contributed by atoms with E-state index in [2.05, 4.69) is 39.2 Å². The summed E-state index contributed by atoms with van der Waals surface area (Å²) in [7, 11) is 0. The molecule has 4 heteroatoms. The number of hydrogen-bond acceptors (Lipinski definition) is 3. The van der Waals surface area contributed by atoms with Crippen LogP contribution in [0.4, 0.5) is 11.4 Å². The van der Waals surface area contributed by atoms with Crippen molar-refractivity contribution in [1.82, 2.24) is 4.98 Å². The van der Waals surface area contributed by atoms with Crippen LogP contribution in [0.15, 0.2) is 28.9 Å². The number of nitrogens with one attached hydrogen (secondary N) is 1. The highest BCUT2D eigenvalue weighted by Gasteiger charge is 2.06. The summed E-state index contributed by atoms with van der Waals surface area (Å²) < 4.78 is 1.04. The summed E-state index contributed by atoms with van der Waals surface area (Å²) in [5.41, 5.74) is 8.72. The summed E-state index contributed by atoms with van der Waals surface area (Å²) in [6.45, 7) is 3.18. The average molecular weight is 322 g/mol. The van der Waals surface area contributed by atoms with Gasteiger partial charge in [-0.3, -0.25) is 4.98 Å². The number of rotatable bonds is 6. The number of pyridine rings is 1. The van der Waals surface area contributed by atoms with Crippen LogP contribution >= 0.6 is 15.9 Å². The van der Waals surface area contributed by atoms with E-state index in [0.717, 1.165) is 27.6 Å². The van der Waals surface area contributed by atoms with E-state index in [4.69, 9.17) is 5.73 Å². The second-order valence-electron chi connectivity index (χ2n) is 4.74. The quantitative estimate of drug-likeness (QED) is 0.766. The molecule has 1 aromatic heterocycles. The number of unbranched alkanes of at least 4 members (excludes halogenated alkanes) is 3. The summed E-state index contributed by atoms with van der Waals surface area (Å²) >= 11 is 3.50. The zero-order chi connectivity index (χ0) is 13.7. The highest BCUT2D eigenvalue weighted by atomic mass is 79.9. The number of halogens is 1. The van der Waals surface area contributed by atoms with Crippen LogP contribution in [0, 0.1) is 0 Å². The number of fused-ring (bicyclic) bond motifs is 1. The summed E-state index contributed by atoms with van der Waals surface area (Å²) in [5, 5.41) is 4.53. The third kappa shape index (κ3) is 3.60. The van der Waals surface area contributed by atoms with E-state index in [1.165, 1.54) is 25.7 Å². The monoisotopic (exact) mass is 321 g/mol. The van der Waals surface area contributed by atoms with Gasteiger partial charge in [-0.25, -0.2) is 0 Å². The topological polar surface area (TPSA) is 50.9 Å². The molecular weight excluding hydrogens is 302 g/mol. The first-order valence-corrected chi connectivity index (χ1v) is 7.59. The lowest BCUT2D eigenvalue weighted by molar-refractivity contribution is 0.685. The van der Waals surface area contributed by atoms with Gasteiger partial charge in [0.05, 0.1) is 23.1 Å². The van der Waals surface area contributed by atoms with Crippen molar-refractivity contribution in [1.29, 1.82) is 0 Å². The average Bonchev–Trinajstić information content (AvgIpc) is 2.40. The Morgan fingerprint density at radius 2 is 2.11 bits per heavy atom. The standard InChI is InChI=1S/C15H20BrN3/c1-2-3-4-5-8-18-15-12-9-11(16)6-7-14(12)19-10-13(15)17/h6-7,9-10H,2-5,8,17H2,1H3,(H,18,19). The van der Waals surface area contributed by atoms with Gasteiger partial charge in [-0.1, -0.05) is 42.1 Å². The molecule has 0 bridgehead atoms. The molecule has 3 nitrogen and oxygen atoms in total. The molecule has 0 saturated heterocycles.